The average Bonchev–Trinajstić information content (AvgIpc) is 3.13. The Bertz CT molecular complexity index is 1050. The average molecular weight is 427 g/mol. The Morgan fingerprint density at radius 3 is 2.83 bits per heavy atom. The highest BCUT2D eigenvalue weighted by molar-refractivity contribution is 7.99. The molecule has 0 bridgehead atoms. The predicted octanol–water partition coefficient (Wildman–Crippen LogP) is 4.62. The lowest BCUT2D eigenvalue weighted by molar-refractivity contribution is 0.0955. The summed E-state index contributed by atoms with van der Waals surface area (Å²) in [6.07, 6.45) is 2.48. The molecule has 1 amide bonds. The van der Waals surface area contributed by atoms with E-state index < -0.39 is 0 Å². The fourth-order valence-electron chi connectivity index (χ4n) is 2.73. The van der Waals surface area contributed by atoms with E-state index in [1.54, 1.807) is 37.2 Å². The summed E-state index contributed by atoms with van der Waals surface area (Å²) >= 11 is 1.65. The van der Waals surface area contributed by atoms with E-state index in [-0.39, 0.29) is 5.91 Å². The van der Waals surface area contributed by atoms with Crippen molar-refractivity contribution in [2.24, 2.45) is 5.10 Å². The van der Waals surface area contributed by atoms with Gasteiger partial charge in [0.25, 0.3) is 5.91 Å². The lowest BCUT2D eigenvalue weighted by Gasteiger charge is -2.10. The van der Waals surface area contributed by atoms with Gasteiger partial charge < -0.3 is 14.5 Å². The van der Waals surface area contributed by atoms with Gasteiger partial charge in [-0.05, 0) is 48.4 Å². The Morgan fingerprint density at radius 1 is 1.27 bits per heavy atom. The van der Waals surface area contributed by atoms with Crippen molar-refractivity contribution in [3.05, 3.63) is 47.5 Å². The Morgan fingerprint density at radius 2 is 2.10 bits per heavy atom. The summed E-state index contributed by atoms with van der Waals surface area (Å²) < 4.78 is 11.0. The molecule has 2 aromatic carbocycles. The van der Waals surface area contributed by atoms with Crippen molar-refractivity contribution < 1.29 is 14.3 Å². The van der Waals surface area contributed by atoms with Gasteiger partial charge in [0.15, 0.2) is 16.7 Å². The van der Waals surface area contributed by atoms with E-state index in [0.29, 0.717) is 28.9 Å². The van der Waals surface area contributed by atoms with Crippen molar-refractivity contribution in [1.82, 2.24) is 15.4 Å². The number of nitrogens with zero attached hydrogens (tertiary/aromatic N) is 2. The van der Waals surface area contributed by atoms with Crippen molar-refractivity contribution in [3.8, 4) is 11.5 Å². The molecule has 0 radical (unpaired) electrons. The molecule has 1 aromatic heterocycles. The number of nitrogens with one attached hydrogen (secondary N) is 2. The normalized spacial score (nSPS) is 11.4. The highest BCUT2D eigenvalue weighted by Crippen LogP contribution is 2.27. The van der Waals surface area contributed by atoms with Crippen LogP contribution < -0.4 is 14.9 Å². The number of H-pyrrole nitrogens is 1. The molecule has 0 unspecified atom stereocenters. The third kappa shape index (κ3) is 5.54. The van der Waals surface area contributed by atoms with E-state index in [4.69, 9.17) is 9.47 Å². The number of rotatable bonds is 9. The minimum atomic E-state index is -0.296. The molecule has 2 N–H and O–H groups in total. The van der Waals surface area contributed by atoms with Crippen molar-refractivity contribution >= 4 is 34.9 Å². The summed E-state index contributed by atoms with van der Waals surface area (Å²) in [5, 5.41) is 5.33. The molecule has 8 heteroatoms. The minimum Gasteiger partial charge on any atom is -0.493 e. The van der Waals surface area contributed by atoms with Crippen molar-refractivity contribution in [2.75, 3.05) is 13.7 Å². The summed E-state index contributed by atoms with van der Waals surface area (Å²) in [6.45, 7) is 6.88. The third-order valence-electron chi connectivity index (χ3n) is 4.10. The van der Waals surface area contributed by atoms with Crippen LogP contribution in [-0.4, -0.2) is 41.1 Å². The number of carbonyl (C=O) groups excluding carboxylic acids is 1. The number of ether oxygens (including phenoxy) is 2. The smallest absolute Gasteiger partial charge is 0.271 e. The molecule has 7 nitrogen and oxygen atoms in total. The molecule has 0 saturated heterocycles. The molecule has 0 aliphatic carbocycles. The molecule has 0 aliphatic rings. The van der Waals surface area contributed by atoms with E-state index in [1.807, 2.05) is 31.2 Å². The topological polar surface area (TPSA) is 88.6 Å². The van der Waals surface area contributed by atoms with E-state index >= 15 is 0 Å². The van der Waals surface area contributed by atoms with Crippen LogP contribution in [-0.2, 0) is 0 Å². The molecule has 0 fully saturated rings. The number of aromatic amines is 1. The SMILES string of the molecule is CCCOc1ccc(/C=N\NC(=O)c2ccc3nc(SC(C)C)[nH]c3c2)cc1OC. The number of carbonyl (C=O) groups is 1. The lowest BCUT2D eigenvalue weighted by Crippen LogP contribution is -2.17. The first-order valence-electron chi connectivity index (χ1n) is 9.80. The number of amides is 1. The number of imidazole rings is 1. The second-order valence-corrected chi connectivity index (χ2v) is 8.46. The standard InChI is InChI=1S/C22H26N4O3S/c1-5-10-29-19-9-6-15(11-20(19)28-4)13-23-26-21(27)16-7-8-17-18(12-16)25-22(24-17)30-14(2)3/h6-9,11-14H,5,10H2,1-4H3,(H,24,25)(H,26,27)/b23-13-. The van der Waals surface area contributed by atoms with Gasteiger partial charge in [0.2, 0.25) is 0 Å². The summed E-state index contributed by atoms with van der Waals surface area (Å²) in [5.74, 6) is 1.01. The van der Waals surface area contributed by atoms with Crippen LogP contribution in [0.1, 0.15) is 43.1 Å². The zero-order valence-electron chi connectivity index (χ0n) is 17.6. The van der Waals surface area contributed by atoms with Crippen molar-refractivity contribution in [1.29, 1.82) is 0 Å². The van der Waals surface area contributed by atoms with Gasteiger partial charge >= 0.3 is 0 Å². The Balaban J connectivity index is 1.66. The highest BCUT2D eigenvalue weighted by atomic mass is 32.2. The van der Waals surface area contributed by atoms with Gasteiger partial charge in [0.1, 0.15) is 0 Å². The number of hydrogen-bond acceptors (Lipinski definition) is 6. The largest absolute Gasteiger partial charge is 0.493 e. The van der Waals surface area contributed by atoms with E-state index in [0.717, 1.165) is 28.2 Å². The monoisotopic (exact) mass is 426 g/mol. The molecule has 30 heavy (non-hydrogen) atoms. The first-order chi connectivity index (χ1) is 14.5. The van der Waals surface area contributed by atoms with Gasteiger partial charge in [0, 0.05) is 10.8 Å². The van der Waals surface area contributed by atoms with Crippen LogP contribution in [0.15, 0.2) is 46.7 Å². The molecule has 0 saturated carbocycles. The molecular formula is C22H26N4O3S. The number of fused-ring (bicyclic) bond motifs is 1. The quantitative estimate of drug-likeness (QED) is 0.296. The maximum absolute atomic E-state index is 12.4. The highest BCUT2D eigenvalue weighted by Gasteiger charge is 2.10. The first-order valence-corrected chi connectivity index (χ1v) is 10.7. The second kappa shape index (κ2) is 10.2. The molecule has 0 aliphatic heterocycles. The number of hydrazone groups is 1. The van der Waals surface area contributed by atoms with Gasteiger partial charge in [-0.25, -0.2) is 10.4 Å². The summed E-state index contributed by atoms with van der Waals surface area (Å²) in [6, 6.07) is 10.8. The lowest BCUT2D eigenvalue weighted by atomic mass is 10.2. The summed E-state index contributed by atoms with van der Waals surface area (Å²) in [4.78, 5) is 20.2. The van der Waals surface area contributed by atoms with Gasteiger partial charge in [-0.3, -0.25) is 4.79 Å². The van der Waals surface area contributed by atoms with Crippen LogP contribution in [0, 0.1) is 0 Å². The number of thioether (sulfide) groups is 1. The van der Waals surface area contributed by atoms with Crippen LogP contribution in [0.25, 0.3) is 11.0 Å². The Hall–Kier alpha value is -3.00. The molecule has 3 aromatic rings. The number of methoxy groups -OCH3 is 1. The third-order valence-corrected chi connectivity index (χ3v) is 4.99. The van der Waals surface area contributed by atoms with Gasteiger partial charge in [-0.1, -0.05) is 32.5 Å². The van der Waals surface area contributed by atoms with Crippen LogP contribution in [0.4, 0.5) is 0 Å². The van der Waals surface area contributed by atoms with Gasteiger partial charge in [-0.15, -0.1) is 0 Å². The number of hydrogen-bond donors (Lipinski definition) is 2. The number of benzene rings is 2. The zero-order chi connectivity index (χ0) is 21.5. The first kappa shape index (κ1) is 21.7. The zero-order valence-corrected chi connectivity index (χ0v) is 18.4. The fraction of sp³-hybridized carbons (Fsp3) is 0.318. The van der Waals surface area contributed by atoms with Crippen LogP contribution in [0.5, 0.6) is 11.5 Å². The van der Waals surface area contributed by atoms with Gasteiger partial charge in [0.05, 0.1) is 31.0 Å². The molecule has 158 valence electrons. The molecular weight excluding hydrogens is 400 g/mol. The molecule has 3 rings (SSSR count). The Kier molecular flexibility index (Phi) is 7.35. The summed E-state index contributed by atoms with van der Waals surface area (Å²) in [7, 11) is 1.59. The second-order valence-electron chi connectivity index (χ2n) is 6.90. The van der Waals surface area contributed by atoms with Crippen molar-refractivity contribution in [3.63, 3.8) is 0 Å². The minimum absolute atomic E-state index is 0.296. The van der Waals surface area contributed by atoms with Crippen LogP contribution >= 0.6 is 11.8 Å². The van der Waals surface area contributed by atoms with E-state index in [1.165, 1.54) is 0 Å². The van der Waals surface area contributed by atoms with Gasteiger partial charge in [-0.2, -0.15) is 5.10 Å². The summed E-state index contributed by atoms with van der Waals surface area (Å²) in [5.41, 5.74) is 5.50. The van der Waals surface area contributed by atoms with Crippen LogP contribution in [0.2, 0.25) is 0 Å². The van der Waals surface area contributed by atoms with Crippen LogP contribution in [0.3, 0.4) is 0 Å². The molecule has 0 spiro atoms. The molecule has 0 atom stereocenters. The predicted molar refractivity (Wildman–Crippen MR) is 121 cm³/mol. The fourth-order valence-corrected chi connectivity index (χ4v) is 3.50. The van der Waals surface area contributed by atoms with Crippen molar-refractivity contribution in [2.45, 2.75) is 37.6 Å². The van der Waals surface area contributed by atoms with E-state index in [9.17, 15) is 4.79 Å². The number of aromatic nitrogens is 2. The maximum atomic E-state index is 12.4. The Labute approximate surface area is 180 Å². The maximum Gasteiger partial charge on any atom is 0.271 e. The molecule has 1 heterocycles. The van der Waals surface area contributed by atoms with E-state index in [2.05, 4.69) is 34.3 Å².